The highest BCUT2D eigenvalue weighted by Gasteiger charge is 2.07. The smallest absolute Gasteiger partial charge is 0.269 e. The number of hydrogen-bond acceptors (Lipinski definition) is 7. The molecule has 1 aromatic carbocycles. The molecule has 2 heterocycles. The number of hydrazone groups is 1. The first kappa shape index (κ1) is 15.2. The monoisotopic (exact) mass is 326 g/mol. The number of hydrogen-bond donors (Lipinski definition) is 2. The molecular weight excluding hydrogens is 312 g/mol. The van der Waals surface area contributed by atoms with E-state index < -0.39 is 4.92 Å². The summed E-state index contributed by atoms with van der Waals surface area (Å²) in [5, 5.41) is 22.4. The predicted octanol–water partition coefficient (Wildman–Crippen LogP) is 1.45. The molecule has 10 heteroatoms. The summed E-state index contributed by atoms with van der Waals surface area (Å²) in [6, 6.07) is 9.94. The zero-order valence-corrected chi connectivity index (χ0v) is 12.7. The lowest BCUT2D eigenvalue weighted by Gasteiger charge is -2.06. The van der Waals surface area contributed by atoms with Crippen LogP contribution in [0.1, 0.15) is 11.5 Å². The summed E-state index contributed by atoms with van der Waals surface area (Å²) in [6.45, 7) is 1.72. The summed E-state index contributed by atoms with van der Waals surface area (Å²) in [4.78, 5) is 10.3. The maximum Gasteiger partial charge on any atom is 0.269 e. The Bertz CT molecular complexity index is 894. The Morgan fingerprint density at radius 1 is 1.29 bits per heavy atom. The van der Waals surface area contributed by atoms with Gasteiger partial charge in [0.15, 0.2) is 5.82 Å². The Kier molecular flexibility index (Phi) is 3.93. The van der Waals surface area contributed by atoms with Gasteiger partial charge in [-0.05, 0) is 31.2 Å². The molecule has 0 aliphatic rings. The van der Waals surface area contributed by atoms with Crippen molar-refractivity contribution in [2.45, 2.75) is 6.92 Å². The van der Waals surface area contributed by atoms with Crippen molar-refractivity contribution in [3.05, 3.63) is 64.2 Å². The van der Waals surface area contributed by atoms with Crippen molar-refractivity contribution in [1.82, 2.24) is 19.4 Å². The van der Waals surface area contributed by atoms with Crippen LogP contribution < -0.4 is 11.3 Å². The van der Waals surface area contributed by atoms with Crippen LogP contribution in [0.15, 0.2) is 47.7 Å². The maximum absolute atomic E-state index is 10.7. The summed E-state index contributed by atoms with van der Waals surface area (Å²) in [7, 11) is 0. The molecule has 122 valence electrons. The van der Waals surface area contributed by atoms with E-state index in [0.29, 0.717) is 11.8 Å². The topological polar surface area (TPSA) is 129 Å². The van der Waals surface area contributed by atoms with Gasteiger partial charge in [-0.15, -0.1) is 10.2 Å². The van der Waals surface area contributed by atoms with E-state index in [1.807, 2.05) is 22.9 Å². The minimum atomic E-state index is -0.434. The highest BCUT2D eigenvalue weighted by Crippen LogP contribution is 2.17. The van der Waals surface area contributed by atoms with Crippen molar-refractivity contribution >= 4 is 17.9 Å². The van der Waals surface area contributed by atoms with E-state index in [0.717, 1.165) is 11.4 Å². The average molecular weight is 326 g/mol. The van der Waals surface area contributed by atoms with Crippen molar-refractivity contribution < 1.29 is 4.92 Å². The molecule has 10 nitrogen and oxygen atoms in total. The normalized spacial score (nSPS) is 11.0. The lowest BCUT2D eigenvalue weighted by atomic mass is 10.3. The molecule has 0 saturated heterocycles. The molecule has 0 bridgehead atoms. The van der Waals surface area contributed by atoms with E-state index in [9.17, 15) is 10.1 Å². The van der Waals surface area contributed by atoms with Gasteiger partial charge in [0.2, 0.25) is 0 Å². The lowest BCUT2D eigenvalue weighted by Crippen LogP contribution is -2.13. The molecule has 3 rings (SSSR count). The van der Waals surface area contributed by atoms with Crippen LogP contribution in [-0.2, 0) is 0 Å². The maximum atomic E-state index is 10.7. The number of nitro groups is 1. The van der Waals surface area contributed by atoms with Crippen LogP contribution in [0.5, 0.6) is 0 Å². The number of nitrogens with one attached hydrogen (secondary N) is 1. The summed E-state index contributed by atoms with van der Waals surface area (Å²) in [6.07, 6.45) is 3.42. The number of rotatable bonds is 5. The van der Waals surface area contributed by atoms with E-state index in [2.05, 4.69) is 20.7 Å². The van der Waals surface area contributed by atoms with Gasteiger partial charge in [-0.2, -0.15) is 5.10 Å². The first-order valence-corrected chi connectivity index (χ1v) is 6.94. The van der Waals surface area contributed by atoms with Crippen molar-refractivity contribution in [1.29, 1.82) is 0 Å². The van der Waals surface area contributed by atoms with Gasteiger partial charge in [0.05, 0.1) is 16.8 Å². The standard InChI is InChI=1S/C14H14N8O2/c1-10-17-19-14(21(10)15)18-16-9-13-3-2-8-20(13)11-4-6-12(7-5-11)22(23)24/h2-9H,15H2,1H3,(H,18,19)/b16-9+. The molecule has 3 aromatic rings. The van der Waals surface area contributed by atoms with E-state index in [4.69, 9.17) is 5.84 Å². The number of benzene rings is 1. The van der Waals surface area contributed by atoms with Gasteiger partial charge in [0.25, 0.3) is 11.6 Å². The Hall–Kier alpha value is -3.69. The molecule has 0 amide bonds. The molecule has 0 aliphatic carbocycles. The summed E-state index contributed by atoms with van der Waals surface area (Å²) >= 11 is 0. The molecule has 0 spiro atoms. The van der Waals surface area contributed by atoms with Crippen LogP contribution in [0, 0.1) is 17.0 Å². The van der Waals surface area contributed by atoms with Crippen molar-refractivity contribution in [3.63, 3.8) is 0 Å². The third kappa shape index (κ3) is 2.92. The molecule has 0 aliphatic heterocycles. The van der Waals surface area contributed by atoms with Crippen LogP contribution in [0.25, 0.3) is 5.69 Å². The Balaban J connectivity index is 1.78. The van der Waals surface area contributed by atoms with Gasteiger partial charge in [-0.1, -0.05) is 0 Å². The summed E-state index contributed by atoms with van der Waals surface area (Å²) in [5.74, 6) is 6.59. The summed E-state index contributed by atoms with van der Waals surface area (Å²) in [5.41, 5.74) is 4.30. The Morgan fingerprint density at radius 2 is 2.04 bits per heavy atom. The SMILES string of the molecule is Cc1nnc(N/N=C/c2cccn2-c2ccc([N+](=O)[O-])cc2)n1N. The van der Waals surface area contributed by atoms with Gasteiger partial charge in [-0.25, -0.2) is 10.1 Å². The van der Waals surface area contributed by atoms with Gasteiger partial charge in [0, 0.05) is 24.0 Å². The number of aryl methyl sites for hydroxylation is 1. The number of nitrogens with two attached hydrogens (primary N) is 1. The number of non-ortho nitro benzene ring substituents is 1. The van der Waals surface area contributed by atoms with Gasteiger partial charge < -0.3 is 10.4 Å². The predicted molar refractivity (Wildman–Crippen MR) is 88.5 cm³/mol. The number of nitro benzene ring substituents is 1. The largest absolute Gasteiger partial charge is 0.335 e. The average Bonchev–Trinajstić information content (AvgIpc) is 3.17. The third-order valence-electron chi connectivity index (χ3n) is 3.35. The van der Waals surface area contributed by atoms with Gasteiger partial charge in [0.1, 0.15) is 0 Å². The second kappa shape index (κ2) is 6.20. The van der Waals surface area contributed by atoms with Crippen LogP contribution >= 0.6 is 0 Å². The van der Waals surface area contributed by atoms with Gasteiger partial charge >= 0.3 is 0 Å². The van der Waals surface area contributed by atoms with Crippen molar-refractivity contribution in [2.75, 3.05) is 11.3 Å². The van der Waals surface area contributed by atoms with Crippen molar-refractivity contribution in [2.24, 2.45) is 5.10 Å². The minimum Gasteiger partial charge on any atom is -0.335 e. The molecular formula is C14H14N8O2. The fourth-order valence-corrected chi connectivity index (χ4v) is 2.07. The van der Waals surface area contributed by atoms with Gasteiger partial charge in [-0.3, -0.25) is 10.1 Å². The second-order valence-electron chi connectivity index (χ2n) is 4.89. The fourth-order valence-electron chi connectivity index (χ4n) is 2.07. The number of nitrogen functional groups attached to an aromatic ring is 1. The molecule has 0 unspecified atom stereocenters. The molecule has 24 heavy (non-hydrogen) atoms. The van der Waals surface area contributed by atoms with Crippen LogP contribution in [0.4, 0.5) is 11.6 Å². The van der Waals surface area contributed by atoms with E-state index >= 15 is 0 Å². The molecule has 2 aromatic heterocycles. The highest BCUT2D eigenvalue weighted by atomic mass is 16.6. The lowest BCUT2D eigenvalue weighted by molar-refractivity contribution is -0.384. The zero-order chi connectivity index (χ0) is 17.1. The summed E-state index contributed by atoms with van der Waals surface area (Å²) < 4.78 is 3.13. The number of aromatic nitrogens is 4. The first-order valence-electron chi connectivity index (χ1n) is 6.94. The molecule has 3 N–H and O–H groups in total. The zero-order valence-electron chi connectivity index (χ0n) is 12.7. The Labute approximate surface area is 136 Å². The van der Waals surface area contributed by atoms with E-state index in [1.165, 1.54) is 16.8 Å². The quantitative estimate of drug-likeness (QED) is 0.316. The molecule has 0 fully saturated rings. The highest BCUT2D eigenvalue weighted by molar-refractivity contribution is 5.79. The minimum absolute atomic E-state index is 0.0421. The number of anilines is 1. The third-order valence-corrected chi connectivity index (χ3v) is 3.35. The van der Waals surface area contributed by atoms with Crippen molar-refractivity contribution in [3.8, 4) is 5.69 Å². The Morgan fingerprint density at radius 3 is 2.67 bits per heavy atom. The fraction of sp³-hybridized carbons (Fsp3) is 0.0714. The van der Waals surface area contributed by atoms with Crippen LogP contribution in [0.3, 0.4) is 0 Å². The van der Waals surface area contributed by atoms with E-state index in [-0.39, 0.29) is 5.69 Å². The van der Waals surface area contributed by atoms with Crippen LogP contribution in [-0.4, -0.2) is 30.6 Å². The van der Waals surface area contributed by atoms with E-state index in [1.54, 1.807) is 25.3 Å². The molecule has 0 atom stereocenters. The molecule has 0 saturated carbocycles. The first-order chi connectivity index (χ1) is 11.6. The number of nitrogens with zero attached hydrogens (tertiary/aromatic N) is 6. The second-order valence-corrected chi connectivity index (χ2v) is 4.89. The van der Waals surface area contributed by atoms with Crippen LogP contribution in [0.2, 0.25) is 0 Å². The molecule has 0 radical (unpaired) electrons.